The fraction of sp³-hybridized carbons (Fsp3) is 0.818. The van der Waals surface area contributed by atoms with Crippen molar-refractivity contribution < 1.29 is 0 Å². The standard InChI is InChI=1S/C11H20N2S/c1-2-6-13(7-3-1)8-4-11-10-14-9-5-12-11/h1-2,11-12H,3-10H2. The molecule has 0 aromatic rings. The maximum Gasteiger partial charge on any atom is 0.0170 e. The van der Waals surface area contributed by atoms with Crippen LogP contribution in [0.25, 0.3) is 0 Å². The Hall–Kier alpha value is 0.01000. The molecule has 0 aliphatic carbocycles. The Balaban J connectivity index is 1.63. The summed E-state index contributed by atoms with van der Waals surface area (Å²) in [6.07, 6.45) is 7.16. The van der Waals surface area contributed by atoms with Crippen molar-refractivity contribution >= 4 is 11.8 Å². The molecule has 1 saturated heterocycles. The second kappa shape index (κ2) is 5.79. The first-order chi connectivity index (χ1) is 6.95. The van der Waals surface area contributed by atoms with Gasteiger partial charge in [-0.3, -0.25) is 4.90 Å². The van der Waals surface area contributed by atoms with Gasteiger partial charge in [0.1, 0.15) is 0 Å². The summed E-state index contributed by atoms with van der Waals surface area (Å²) in [6, 6.07) is 0.764. The molecule has 2 rings (SSSR count). The van der Waals surface area contributed by atoms with Crippen LogP contribution >= 0.6 is 11.8 Å². The molecule has 0 aromatic heterocycles. The summed E-state index contributed by atoms with van der Waals surface area (Å²) in [5.41, 5.74) is 0. The van der Waals surface area contributed by atoms with Gasteiger partial charge in [0, 0.05) is 37.2 Å². The van der Waals surface area contributed by atoms with Gasteiger partial charge in [0.25, 0.3) is 0 Å². The average Bonchev–Trinajstić information content (AvgIpc) is 2.29. The Morgan fingerprint density at radius 3 is 3.14 bits per heavy atom. The van der Waals surface area contributed by atoms with E-state index in [0.717, 1.165) is 6.04 Å². The van der Waals surface area contributed by atoms with E-state index in [4.69, 9.17) is 0 Å². The zero-order chi connectivity index (χ0) is 9.64. The van der Waals surface area contributed by atoms with E-state index >= 15 is 0 Å². The van der Waals surface area contributed by atoms with Crippen molar-refractivity contribution in [3.8, 4) is 0 Å². The number of hydrogen-bond donors (Lipinski definition) is 1. The van der Waals surface area contributed by atoms with Crippen LogP contribution < -0.4 is 5.32 Å². The minimum Gasteiger partial charge on any atom is -0.312 e. The summed E-state index contributed by atoms with van der Waals surface area (Å²) in [6.45, 7) is 4.90. The maximum atomic E-state index is 3.59. The molecule has 80 valence electrons. The molecule has 0 spiro atoms. The number of thioether (sulfide) groups is 1. The zero-order valence-electron chi connectivity index (χ0n) is 8.74. The summed E-state index contributed by atoms with van der Waals surface area (Å²) in [4.78, 5) is 2.56. The van der Waals surface area contributed by atoms with Crippen molar-refractivity contribution in [3.05, 3.63) is 12.2 Å². The highest BCUT2D eigenvalue weighted by Crippen LogP contribution is 2.11. The topological polar surface area (TPSA) is 15.3 Å². The Kier molecular flexibility index (Phi) is 4.35. The van der Waals surface area contributed by atoms with E-state index in [2.05, 4.69) is 34.1 Å². The molecule has 1 unspecified atom stereocenters. The zero-order valence-corrected chi connectivity index (χ0v) is 9.56. The van der Waals surface area contributed by atoms with Gasteiger partial charge in [-0.15, -0.1) is 0 Å². The van der Waals surface area contributed by atoms with Crippen LogP contribution in [0.5, 0.6) is 0 Å². The molecule has 0 aromatic carbocycles. The average molecular weight is 212 g/mol. The third-order valence-electron chi connectivity index (χ3n) is 2.93. The number of hydrogen-bond acceptors (Lipinski definition) is 3. The van der Waals surface area contributed by atoms with E-state index in [-0.39, 0.29) is 0 Å². The lowest BCUT2D eigenvalue weighted by Gasteiger charge is -2.28. The summed E-state index contributed by atoms with van der Waals surface area (Å²) >= 11 is 2.09. The quantitative estimate of drug-likeness (QED) is 0.711. The van der Waals surface area contributed by atoms with Crippen LogP contribution in [0.15, 0.2) is 12.2 Å². The first kappa shape index (κ1) is 10.5. The molecule has 2 aliphatic rings. The molecule has 14 heavy (non-hydrogen) atoms. The van der Waals surface area contributed by atoms with Crippen molar-refractivity contribution in [3.63, 3.8) is 0 Å². The Labute approximate surface area is 91.1 Å². The Morgan fingerprint density at radius 2 is 2.43 bits per heavy atom. The number of rotatable bonds is 3. The fourth-order valence-corrected chi connectivity index (χ4v) is 3.03. The van der Waals surface area contributed by atoms with Gasteiger partial charge in [-0.2, -0.15) is 11.8 Å². The molecule has 0 amide bonds. The lowest BCUT2D eigenvalue weighted by molar-refractivity contribution is 0.281. The van der Waals surface area contributed by atoms with Crippen LogP contribution in [0, 0.1) is 0 Å². The minimum absolute atomic E-state index is 0.764. The number of nitrogens with one attached hydrogen (secondary N) is 1. The normalized spacial score (nSPS) is 29.3. The van der Waals surface area contributed by atoms with Gasteiger partial charge in [-0.05, 0) is 19.4 Å². The van der Waals surface area contributed by atoms with E-state index in [9.17, 15) is 0 Å². The van der Waals surface area contributed by atoms with E-state index < -0.39 is 0 Å². The third-order valence-corrected chi connectivity index (χ3v) is 4.07. The van der Waals surface area contributed by atoms with Crippen molar-refractivity contribution in [1.29, 1.82) is 0 Å². The molecule has 1 N–H and O–H groups in total. The van der Waals surface area contributed by atoms with E-state index in [1.807, 2.05) is 0 Å². The highest BCUT2D eigenvalue weighted by Gasteiger charge is 2.14. The van der Waals surface area contributed by atoms with E-state index in [1.54, 1.807) is 0 Å². The van der Waals surface area contributed by atoms with Crippen molar-refractivity contribution in [2.45, 2.75) is 18.9 Å². The first-order valence-corrected chi connectivity index (χ1v) is 6.79. The van der Waals surface area contributed by atoms with Crippen molar-refractivity contribution in [2.24, 2.45) is 0 Å². The fourth-order valence-electron chi connectivity index (χ4n) is 2.04. The van der Waals surface area contributed by atoms with E-state index in [0.29, 0.717) is 0 Å². The lowest BCUT2D eigenvalue weighted by Crippen LogP contribution is -2.40. The molecule has 0 saturated carbocycles. The molecular formula is C11H20N2S. The highest BCUT2D eigenvalue weighted by molar-refractivity contribution is 7.99. The summed E-state index contributed by atoms with van der Waals surface area (Å²) in [7, 11) is 0. The molecule has 2 heterocycles. The second-order valence-corrected chi connectivity index (χ2v) is 5.23. The highest BCUT2D eigenvalue weighted by atomic mass is 32.2. The molecular weight excluding hydrogens is 192 g/mol. The van der Waals surface area contributed by atoms with Crippen LogP contribution in [0.4, 0.5) is 0 Å². The predicted octanol–water partition coefficient (Wildman–Crippen LogP) is 1.34. The number of nitrogens with zero attached hydrogens (tertiary/aromatic N) is 1. The van der Waals surface area contributed by atoms with Gasteiger partial charge in [0.15, 0.2) is 0 Å². The largest absolute Gasteiger partial charge is 0.312 e. The second-order valence-electron chi connectivity index (χ2n) is 4.08. The summed E-state index contributed by atoms with van der Waals surface area (Å²) in [5, 5.41) is 3.59. The van der Waals surface area contributed by atoms with Crippen LogP contribution in [0.3, 0.4) is 0 Å². The molecule has 2 nitrogen and oxygen atoms in total. The summed E-state index contributed by atoms with van der Waals surface area (Å²) < 4.78 is 0. The van der Waals surface area contributed by atoms with Gasteiger partial charge >= 0.3 is 0 Å². The van der Waals surface area contributed by atoms with Crippen LogP contribution in [-0.4, -0.2) is 48.6 Å². The monoisotopic (exact) mass is 212 g/mol. The van der Waals surface area contributed by atoms with Gasteiger partial charge in [0.2, 0.25) is 0 Å². The van der Waals surface area contributed by atoms with Gasteiger partial charge in [-0.25, -0.2) is 0 Å². The van der Waals surface area contributed by atoms with Crippen molar-refractivity contribution in [1.82, 2.24) is 10.2 Å². The van der Waals surface area contributed by atoms with Gasteiger partial charge < -0.3 is 5.32 Å². The maximum absolute atomic E-state index is 3.59. The third kappa shape index (κ3) is 3.30. The lowest BCUT2D eigenvalue weighted by atomic mass is 10.2. The molecule has 0 radical (unpaired) electrons. The van der Waals surface area contributed by atoms with E-state index in [1.165, 1.54) is 50.5 Å². The predicted molar refractivity (Wildman–Crippen MR) is 63.9 cm³/mol. The van der Waals surface area contributed by atoms with Gasteiger partial charge in [0.05, 0.1) is 0 Å². The molecule has 1 atom stereocenters. The Morgan fingerprint density at radius 1 is 1.43 bits per heavy atom. The smallest absolute Gasteiger partial charge is 0.0170 e. The molecule has 3 heteroatoms. The van der Waals surface area contributed by atoms with Crippen LogP contribution in [0.1, 0.15) is 12.8 Å². The molecule has 2 aliphatic heterocycles. The molecule has 1 fully saturated rings. The van der Waals surface area contributed by atoms with Crippen LogP contribution in [0.2, 0.25) is 0 Å². The van der Waals surface area contributed by atoms with Gasteiger partial charge in [-0.1, -0.05) is 12.2 Å². The SMILES string of the molecule is C1=CCN(CCC2CSCCN2)CC1. The molecule has 0 bridgehead atoms. The minimum atomic E-state index is 0.764. The van der Waals surface area contributed by atoms with Crippen molar-refractivity contribution in [2.75, 3.05) is 37.7 Å². The first-order valence-electron chi connectivity index (χ1n) is 5.63. The Bertz CT molecular complexity index is 188. The van der Waals surface area contributed by atoms with Crippen LogP contribution in [-0.2, 0) is 0 Å². The summed E-state index contributed by atoms with van der Waals surface area (Å²) in [5.74, 6) is 2.60.